The van der Waals surface area contributed by atoms with Crippen LogP contribution < -0.4 is 5.32 Å². The number of carbonyl (C=O) groups is 1. The average molecular weight is 279 g/mol. The normalized spacial score (nSPS) is 17.4. The zero-order chi connectivity index (χ0) is 13.2. The number of aryl methyl sites for hydroxylation is 1. The molecule has 1 aliphatic carbocycles. The van der Waals surface area contributed by atoms with Gasteiger partial charge in [0.05, 0.1) is 5.69 Å². The number of aliphatic carboxylic acids is 1. The Kier molecular flexibility index (Phi) is 3.16. The first-order chi connectivity index (χ1) is 9.24. The van der Waals surface area contributed by atoms with Crippen LogP contribution in [0.3, 0.4) is 0 Å². The summed E-state index contributed by atoms with van der Waals surface area (Å²) in [5.74, 6) is -0.395. The first-order valence-electron chi connectivity index (χ1n) is 6.04. The van der Waals surface area contributed by atoms with E-state index in [4.69, 9.17) is 5.11 Å². The van der Waals surface area contributed by atoms with Crippen LogP contribution >= 0.6 is 11.3 Å². The van der Waals surface area contributed by atoms with Gasteiger partial charge in [-0.15, -0.1) is 11.3 Å². The predicted molar refractivity (Wildman–Crippen MR) is 69.4 cm³/mol. The molecule has 0 aromatic carbocycles. The van der Waals surface area contributed by atoms with Crippen molar-refractivity contribution in [1.29, 1.82) is 0 Å². The Balaban J connectivity index is 1.61. The van der Waals surface area contributed by atoms with Crippen molar-refractivity contribution >= 4 is 22.4 Å². The molecule has 0 radical (unpaired) electrons. The van der Waals surface area contributed by atoms with E-state index in [9.17, 15) is 4.79 Å². The molecule has 0 fully saturated rings. The molecule has 0 spiro atoms. The van der Waals surface area contributed by atoms with Gasteiger partial charge in [0.1, 0.15) is 18.1 Å². The number of carboxylic acids is 1. The van der Waals surface area contributed by atoms with Gasteiger partial charge in [0.25, 0.3) is 0 Å². The third-order valence-electron chi connectivity index (χ3n) is 3.12. The number of thiazole rings is 1. The summed E-state index contributed by atoms with van der Waals surface area (Å²) in [5, 5.41) is 19.6. The predicted octanol–water partition coefficient (Wildman–Crippen LogP) is 1.03. The number of anilines is 1. The van der Waals surface area contributed by atoms with E-state index in [1.54, 1.807) is 11.3 Å². The summed E-state index contributed by atoms with van der Waals surface area (Å²) < 4.78 is 0. The zero-order valence-electron chi connectivity index (χ0n) is 10.1. The van der Waals surface area contributed by atoms with Gasteiger partial charge in [-0.05, 0) is 12.8 Å². The fourth-order valence-electron chi connectivity index (χ4n) is 2.18. The molecule has 3 N–H and O–H groups in total. The second-order valence-electron chi connectivity index (χ2n) is 4.37. The maximum Gasteiger partial charge on any atom is 0.312 e. The van der Waals surface area contributed by atoms with Crippen molar-refractivity contribution in [1.82, 2.24) is 20.2 Å². The Hall–Kier alpha value is -1.96. The van der Waals surface area contributed by atoms with Crippen LogP contribution in [-0.4, -0.2) is 37.8 Å². The van der Waals surface area contributed by atoms with Gasteiger partial charge in [0.15, 0.2) is 5.13 Å². The van der Waals surface area contributed by atoms with E-state index in [2.05, 4.69) is 25.5 Å². The number of rotatable bonds is 5. The molecule has 1 atom stereocenters. The van der Waals surface area contributed by atoms with E-state index in [0.717, 1.165) is 34.4 Å². The van der Waals surface area contributed by atoms with Crippen molar-refractivity contribution in [3.63, 3.8) is 0 Å². The number of nitrogens with one attached hydrogen (secondary N) is 2. The number of carboxylic acid groups (broad SMARTS) is 1. The van der Waals surface area contributed by atoms with Crippen molar-refractivity contribution in [2.75, 3.05) is 11.9 Å². The lowest BCUT2D eigenvalue weighted by atomic mass is 10.1. The smallest absolute Gasteiger partial charge is 0.312 e. The summed E-state index contributed by atoms with van der Waals surface area (Å²) >= 11 is 1.55. The Morgan fingerprint density at radius 2 is 2.53 bits per heavy atom. The van der Waals surface area contributed by atoms with E-state index in [0.29, 0.717) is 13.0 Å². The van der Waals surface area contributed by atoms with Gasteiger partial charge < -0.3 is 10.4 Å². The van der Waals surface area contributed by atoms with Crippen molar-refractivity contribution in [2.45, 2.75) is 25.2 Å². The molecule has 0 amide bonds. The molecular weight excluding hydrogens is 266 g/mol. The van der Waals surface area contributed by atoms with E-state index < -0.39 is 11.9 Å². The molecule has 100 valence electrons. The molecule has 0 bridgehead atoms. The molecule has 1 unspecified atom stereocenters. The summed E-state index contributed by atoms with van der Waals surface area (Å²) in [4.78, 5) is 20.6. The van der Waals surface area contributed by atoms with Crippen LogP contribution in [0.4, 0.5) is 5.13 Å². The number of hydrogen-bond acceptors (Lipinski definition) is 6. The number of aromatic amines is 1. The van der Waals surface area contributed by atoms with E-state index in [-0.39, 0.29) is 0 Å². The van der Waals surface area contributed by atoms with Crippen LogP contribution in [0.1, 0.15) is 28.7 Å². The summed E-state index contributed by atoms with van der Waals surface area (Å²) in [6.07, 6.45) is 3.69. The number of H-pyrrole nitrogens is 1. The molecule has 2 aromatic heterocycles. The number of aromatic nitrogens is 4. The quantitative estimate of drug-likeness (QED) is 0.755. The van der Waals surface area contributed by atoms with Crippen LogP contribution in [0.2, 0.25) is 0 Å². The minimum atomic E-state index is -0.780. The first kappa shape index (κ1) is 12.1. The van der Waals surface area contributed by atoms with Crippen molar-refractivity contribution in [2.24, 2.45) is 0 Å². The van der Waals surface area contributed by atoms with E-state index >= 15 is 0 Å². The highest BCUT2D eigenvalue weighted by molar-refractivity contribution is 7.15. The molecule has 2 aromatic rings. The van der Waals surface area contributed by atoms with Gasteiger partial charge in [-0.25, -0.2) is 9.97 Å². The monoisotopic (exact) mass is 279 g/mol. The summed E-state index contributed by atoms with van der Waals surface area (Å²) in [6, 6.07) is 0. The lowest BCUT2D eigenvalue weighted by Gasteiger charge is -2.02. The van der Waals surface area contributed by atoms with Gasteiger partial charge in [0, 0.05) is 17.8 Å². The largest absolute Gasteiger partial charge is 0.481 e. The minimum absolute atomic E-state index is 0.434. The minimum Gasteiger partial charge on any atom is -0.481 e. The lowest BCUT2D eigenvalue weighted by Crippen LogP contribution is -2.10. The molecule has 7 nitrogen and oxygen atoms in total. The van der Waals surface area contributed by atoms with E-state index in [1.807, 2.05) is 0 Å². The van der Waals surface area contributed by atoms with Gasteiger partial charge in [-0.1, -0.05) is 0 Å². The molecule has 0 aliphatic heterocycles. The maximum absolute atomic E-state index is 11.1. The standard InChI is InChI=1S/C11H13N5O2S/c17-10(18)6-1-2-7-9(6)15-11(19-7)12-4-3-8-13-5-14-16-8/h5-6H,1-4H2,(H,12,15)(H,17,18)(H,13,14,16). The molecule has 19 heavy (non-hydrogen) atoms. The van der Waals surface area contributed by atoms with Crippen LogP contribution in [0.15, 0.2) is 6.33 Å². The Labute approximate surface area is 113 Å². The van der Waals surface area contributed by atoms with Crippen LogP contribution in [0.5, 0.6) is 0 Å². The zero-order valence-corrected chi connectivity index (χ0v) is 10.9. The summed E-state index contributed by atoms with van der Waals surface area (Å²) in [6.45, 7) is 0.694. The highest BCUT2D eigenvalue weighted by Gasteiger charge is 2.32. The van der Waals surface area contributed by atoms with Crippen LogP contribution in [-0.2, 0) is 17.6 Å². The Bertz CT molecular complexity index is 580. The third-order valence-corrected chi connectivity index (χ3v) is 4.21. The van der Waals surface area contributed by atoms with Crippen molar-refractivity contribution < 1.29 is 9.90 Å². The lowest BCUT2D eigenvalue weighted by molar-refractivity contribution is -0.138. The molecule has 0 saturated carbocycles. The van der Waals surface area contributed by atoms with Crippen molar-refractivity contribution in [3.8, 4) is 0 Å². The molecule has 8 heteroatoms. The molecular formula is C11H13N5O2S. The number of hydrogen-bond donors (Lipinski definition) is 3. The SMILES string of the molecule is O=C(O)C1CCc2sc(NCCc3ncn[nH]3)nc21. The average Bonchev–Trinajstić information content (AvgIpc) is 3.03. The Morgan fingerprint density at radius 3 is 3.26 bits per heavy atom. The number of nitrogens with zero attached hydrogens (tertiary/aromatic N) is 3. The van der Waals surface area contributed by atoms with Crippen LogP contribution in [0, 0.1) is 0 Å². The molecule has 1 aliphatic rings. The molecule has 2 heterocycles. The van der Waals surface area contributed by atoms with E-state index in [1.165, 1.54) is 6.33 Å². The van der Waals surface area contributed by atoms with Gasteiger partial charge in [-0.2, -0.15) is 5.10 Å². The topological polar surface area (TPSA) is 104 Å². The fourth-order valence-corrected chi connectivity index (χ4v) is 3.25. The molecule has 3 rings (SSSR count). The van der Waals surface area contributed by atoms with Gasteiger partial charge >= 0.3 is 5.97 Å². The summed E-state index contributed by atoms with van der Waals surface area (Å²) in [5.41, 5.74) is 0.736. The Morgan fingerprint density at radius 1 is 1.63 bits per heavy atom. The van der Waals surface area contributed by atoms with Gasteiger partial charge in [0.2, 0.25) is 0 Å². The second-order valence-corrected chi connectivity index (χ2v) is 5.45. The van der Waals surface area contributed by atoms with Crippen molar-refractivity contribution in [3.05, 3.63) is 22.7 Å². The second kappa shape index (κ2) is 4.96. The highest BCUT2D eigenvalue weighted by Crippen LogP contribution is 2.38. The fraction of sp³-hybridized carbons (Fsp3) is 0.455. The number of fused-ring (bicyclic) bond motifs is 1. The molecule has 0 saturated heterocycles. The third kappa shape index (κ3) is 2.43. The van der Waals surface area contributed by atoms with Crippen LogP contribution in [0.25, 0.3) is 0 Å². The summed E-state index contributed by atoms with van der Waals surface area (Å²) in [7, 11) is 0. The van der Waals surface area contributed by atoms with Gasteiger partial charge in [-0.3, -0.25) is 9.89 Å². The first-order valence-corrected chi connectivity index (χ1v) is 6.86. The highest BCUT2D eigenvalue weighted by atomic mass is 32.1. The maximum atomic E-state index is 11.1.